The zero-order valence-corrected chi connectivity index (χ0v) is 12.8. The molecular formula is C17H30N2O. The molecule has 1 heterocycles. The second-order valence-corrected chi connectivity index (χ2v) is 7.21. The summed E-state index contributed by atoms with van der Waals surface area (Å²) in [6, 6.07) is 0. The van der Waals surface area contributed by atoms with E-state index in [1.54, 1.807) is 0 Å². The number of carbonyl (C=O) groups excluding carboxylic acids is 1. The molecule has 2 saturated carbocycles. The summed E-state index contributed by atoms with van der Waals surface area (Å²) < 4.78 is 0. The summed E-state index contributed by atoms with van der Waals surface area (Å²) in [7, 11) is 0. The minimum atomic E-state index is 0.399. The van der Waals surface area contributed by atoms with Gasteiger partial charge < -0.3 is 10.2 Å². The molecule has 1 aliphatic heterocycles. The van der Waals surface area contributed by atoms with Gasteiger partial charge in [0, 0.05) is 19.0 Å². The molecule has 0 spiro atoms. The maximum atomic E-state index is 12.0. The second-order valence-electron chi connectivity index (χ2n) is 7.21. The Kier molecular flexibility index (Phi) is 4.98. The fourth-order valence-electron chi connectivity index (χ4n) is 3.83. The highest BCUT2D eigenvalue weighted by atomic mass is 16.2. The minimum absolute atomic E-state index is 0.399. The van der Waals surface area contributed by atoms with Gasteiger partial charge in [-0.15, -0.1) is 0 Å². The molecule has 1 amide bonds. The first-order valence-electron chi connectivity index (χ1n) is 8.82. The molecule has 3 heteroatoms. The van der Waals surface area contributed by atoms with Gasteiger partial charge in [0.05, 0.1) is 0 Å². The summed E-state index contributed by atoms with van der Waals surface area (Å²) in [5, 5.41) is 3.70. The van der Waals surface area contributed by atoms with E-state index in [2.05, 4.69) is 10.2 Å². The average molecular weight is 278 g/mol. The largest absolute Gasteiger partial charge is 0.342 e. The van der Waals surface area contributed by atoms with Crippen molar-refractivity contribution in [1.29, 1.82) is 0 Å². The molecule has 1 N–H and O–H groups in total. The number of nitrogens with zero attached hydrogens (tertiary/aromatic N) is 1. The van der Waals surface area contributed by atoms with Crippen molar-refractivity contribution in [2.45, 2.75) is 57.8 Å². The quantitative estimate of drug-likeness (QED) is 0.838. The summed E-state index contributed by atoms with van der Waals surface area (Å²) in [6.07, 6.45) is 11.9. The van der Waals surface area contributed by atoms with Gasteiger partial charge in [-0.25, -0.2) is 0 Å². The molecule has 3 rings (SSSR count). The number of carbonyl (C=O) groups is 1. The lowest BCUT2D eigenvalue weighted by Crippen LogP contribution is -2.42. The van der Waals surface area contributed by atoms with Gasteiger partial charge in [-0.3, -0.25) is 4.79 Å². The van der Waals surface area contributed by atoms with Gasteiger partial charge in [0.25, 0.3) is 0 Å². The highest BCUT2D eigenvalue weighted by molar-refractivity contribution is 5.81. The summed E-state index contributed by atoms with van der Waals surface area (Å²) in [6.45, 7) is 4.40. The van der Waals surface area contributed by atoms with E-state index in [1.165, 1.54) is 58.0 Å². The lowest BCUT2D eigenvalue weighted by molar-refractivity contribution is -0.133. The van der Waals surface area contributed by atoms with Crippen LogP contribution in [0.1, 0.15) is 57.8 Å². The van der Waals surface area contributed by atoms with E-state index < -0.39 is 0 Å². The van der Waals surface area contributed by atoms with Gasteiger partial charge in [0.2, 0.25) is 5.91 Å². The fraction of sp³-hybridized carbons (Fsp3) is 0.941. The van der Waals surface area contributed by atoms with Crippen molar-refractivity contribution in [2.75, 3.05) is 26.2 Å². The number of hydrogen-bond acceptors (Lipinski definition) is 2. The number of rotatable bonds is 5. The van der Waals surface area contributed by atoms with E-state index >= 15 is 0 Å². The highest BCUT2D eigenvalue weighted by Gasteiger charge is 2.34. The van der Waals surface area contributed by atoms with Crippen molar-refractivity contribution in [2.24, 2.45) is 17.8 Å². The third kappa shape index (κ3) is 3.97. The Hall–Kier alpha value is -0.570. The van der Waals surface area contributed by atoms with Crippen LogP contribution in [-0.4, -0.2) is 37.0 Å². The standard InChI is InChI=1S/C17H30N2O/c20-17(16-6-7-16)19-10-8-15(9-11-19)13-18-12-14-4-2-1-3-5-14/h14-16,18H,1-13H2. The highest BCUT2D eigenvalue weighted by Crippen LogP contribution is 2.32. The van der Waals surface area contributed by atoms with Gasteiger partial charge >= 0.3 is 0 Å². The summed E-state index contributed by atoms with van der Waals surface area (Å²) in [5.41, 5.74) is 0. The Morgan fingerprint density at radius 3 is 2.05 bits per heavy atom. The van der Waals surface area contributed by atoms with Crippen LogP contribution in [0.3, 0.4) is 0 Å². The third-order valence-electron chi connectivity index (χ3n) is 5.44. The maximum Gasteiger partial charge on any atom is 0.225 e. The van der Waals surface area contributed by atoms with Crippen LogP contribution in [0.25, 0.3) is 0 Å². The van der Waals surface area contributed by atoms with Crippen LogP contribution in [0.15, 0.2) is 0 Å². The van der Waals surface area contributed by atoms with Crippen molar-refractivity contribution in [1.82, 2.24) is 10.2 Å². The number of likely N-dealkylation sites (tertiary alicyclic amines) is 1. The first-order chi connectivity index (χ1) is 9.83. The zero-order chi connectivity index (χ0) is 13.8. The molecule has 0 aromatic heterocycles. The first kappa shape index (κ1) is 14.4. The second kappa shape index (κ2) is 6.93. The Bertz CT molecular complexity index is 313. The topological polar surface area (TPSA) is 32.3 Å². The SMILES string of the molecule is O=C(C1CC1)N1CCC(CNCC2CCCCC2)CC1. The minimum Gasteiger partial charge on any atom is -0.342 e. The van der Waals surface area contributed by atoms with Crippen molar-refractivity contribution in [3.8, 4) is 0 Å². The first-order valence-corrected chi connectivity index (χ1v) is 8.82. The molecule has 0 radical (unpaired) electrons. The third-order valence-corrected chi connectivity index (χ3v) is 5.44. The average Bonchev–Trinajstić information content (AvgIpc) is 3.33. The van der Waals surface area contributed by atoms with E-state index in [0.29, 0.717) is 11.8 Å². The van der Waals surface area contributed by atoms with Gasteiger partial charge in [-0.2, -0.15) is 0 Å². The van der Waals surface area contributed by atoms with Crippen LogP contribution < -0.4 is 5.32 Å². The number of piperidine rings is 1. The Labute approximate surface area is 123 Å². The van der Waals surface area contributed by atoms with Crippen molar-refractivity contribution >= 4 is 5.91 Å². The number of amides is 1. The number of nitrogens with one attached hydrogen (secondary N) is 1. The number of hydrogen-bond donors (Lipinski definition) is 1. The van der Waals surface area contributed by atoms with Crippen LogP contribution in [0.2, 0.25) is 0 Å². The van der Waals surface area contributed by atoms with E-state index in [1.807, 2.05) is 0 Å². The van der Waals surface area contributed by atoms with Crippen molar-refractivity contribution in [3.63, 3.8) is 0 Å². The summed E-state index contributed by atoms with van der Waals surface area (Å²) in [5.74, 6) is 2.57. The van der Waals surface area contributed by atoms with E-state index in [-0.39, 0.29) is 0 Å². The molecule has 0 aromatic carbocycles. The molecule has 20 heavy (non-hydrogen) atoms. The summed E-state index contributed by atoms with van der Waals surface area (Å²) >= 11 is 0. The van der Waals surface area contributed by atoms with Gasteiger partial charge in [-0.05, 0) is 63.5 Å². The molecule has 0 unspecified atom stereocenters. The van der Waals surface area contributed by atoms with Crippen LogP contribution >= 0.6 is 0 Å². The lowest BCUT2D eigenvalue weighted by Gasteiger charge is -2.32. The maximum absolute atomic E-state index is 12.0. The fourth-order valence-corrected chi connectivity index (χ4v) is 3.83. The molecule has 3 aliphatic rings. The van der Waals surface area contributed by atoms with Crippen LogP contribution in [0.4, 0.5) is 0 Å². The van der Waals surface area contributed by atoms with E-state index in [0.717, 1.165) is 37.8 Å². The molecule has 3 fully saturated rings. The molecule has 2 aliphatic carbocycles. The van der Waals surface area contributed by atoms with Gasteiger partial charge in [0.1, 0.15) is 0 Å². The molecular weight excluding hydrogens is 248 g/mol. The Balaban J connectivity index is 1.29. The van der Waals surface area contributed by atoms with E-state index in [9.17, 15) is 4.79 Å². The monoisotopic (exact) mass is 278 g/mol. The lowest BCUT2D eigenvalue weighted by atomic mass is 9.89. The molecule has 114 valence electrons. The van der Waals surface area contributed by atoms with E-state index in [4.69, 9.17) is 0 Å². The Morgan fingerprint density at radius 1 is 0.850 bits per heavy atom. The predicted octanol–water partition coefficient (Wildman–Crippen LogP) is 2.80. The van der Waals surface area contributed by atoms with Gasteiger partial charge in [-0.1, -0.05) is 19.3 Å². The van der Waals surface area contributed by atoms with Crippen LogP contribution in [-0.2, 0) is 4.79 Å². The molecule has 1 saturated heterocycles. The van der Waals surface area contributed by atoms with Gasteiger partial charge in [0.15, 0.2) is 0 Å². The van der Waals surface area contributed by atoms with Crippen molar-refractivity contribution < 1.29 is 4.79 Å². The molecule has 3 nitrogen and oxygen atoms in total. The summed E-state index contributed by atoms with van der Waals surface area (Å²) in [4.78, 5) is 14.1. The predicted molar refractivity (Wildman–Crippen MR) is 81.5 cm³/mol. The van der Waals surface area contributed by atoms with Crippen molar-refractivity contribution in [3.05, 3.63) is 0 Å². The molecule has 0 atom stereocenters. The molecule has 0 bridgehead atoms. The smallest absolute Gasteiger partial charge is 0.225 e. The molecule has 0 aromatic rings. The normalized spacial score (nSPS) is 25.9. The van der Waals surface area contributed by atoms with Crippen LogP contribution in [0.5, 0.6) is 0 Å². The zero-order valence-electron chi connectivity index (χ0n) is 12.8. The Morgan fingerprint density at radius 2 is 1.45 bits per heavy atom. The van der Waals surface area contributed by atoms with Crippen LogP contribution in [0, 0.1) is 17.8 Å².